The Balaban J connectivity index is 1.53. The lowest BCUT2D eigenvalue weighted by Gasteiger charge is -2.54. The van der Waals surface area contributed by atoms with Crippen LogP contribution in [0, 0.1) is 12.3 Å². The third-order valence-electron chi connectivity index (χ3n) is 5.53. The van der Waals surface area contributed by atoms with Crippen molar-refractivity contribution >= 4 is 17.5 Å². The van der Waals surface area contributed by atoms with Crippen LogP contribution in [0.25, 0.3) is 0 Å². The number of anilines is 1. The predicted octanol–water partition coefficient (Wildman–Crippen LogP) is 3.07. The Bertz CT molecular complexity index is 794. The fourth-order valence-corrected chi connectivity index (χ4v) is 4.24. The minimum absolute atomic E-state index is 0.0675. The molecule has 2 amide bonds. The highest BCUT2D eigenvalue weighted by Crippen LogP contribution is 2.58. The van der Waals surface area contributed by atoms with Gasteiger partial charge < -0.3 is 14.6 Å². The lowest BCUT2D eigenvalue weighted by molar-refractivity contribution is -0.162. The monoisotopic (exact) mass is 339 g/mol. The van der Waals surface area contributed by atoms with E-state index in [9.17, 15) is 9.59 Å². The summed E-state index contributed by atoms with van der Waals surface area (Å²) in [6.07, 6.45) is 9.31. The number of furan rings is 1. The molecule has 1 aliphatic heterocycles. The second kappa shape index (κ2) is 6.02. The van der Waals surface area contributed by atoms with Gasteiger partial charge in [-0.3, -0.25) is 14.6 Å². The summed E-state index contributed by atoms with van der Waals surface area (Å²) in [6, 6.07) is 5.38. The molecule has 1 atom stereocenters. The van der Waals surface area contributed by atoms with Gasteiger partial charge in [0, 0.05) is 18.2 Å². The van der Waals surface area contributed by atoms with E-state index in [4.69, 9.17) is 4.42 Å². The number of carbonyl (C=O) groups is 2. The van der Waals surface area contributed by atoms with Crippen LogP contribution in [0.3, 0.4) is 0 Å². The Morgan fingerprint density at radius 3 is 2.80 bits per heavy atom. The molecule has 25 heavy (non-hydrogen) atoms. The van der Waals surface area contributed by atoms with Crippen LogP contribution in [0.5, 0.6) is 0 Å². The van der Waals surface area contributed by atoms with E-state index < -0.39 is 11.8 Å². The second-order valence-corrected chi connectivity index (χ2v) is 7.07. The van der Waals surface area contributed by atoms with Gasteiger partial charge in [0.25, 0.3) is 0 Å². The predicted molar refractivity (Wildman–Crippen MR) is 91.7 cm³/mol. The van der Waals surface area contributed by atoms with Crippen LogP contribution in [0.15, 0.2) is 41.3 Å². The van der Waals surface area contributed by atoms with E-state index in [0.29, 0.717) is 12.2 Å². The van der Waals surface area contributed by atoms with Crippen molar-refractivity contribution < 1.29 is 14.0 Å². The molecule has 1 spiro atoms. The van der Waals surface area contributed by atoms with E-state index in [-0.39, 0.29) is 11.5 Å². The number of nitrogens with one attached hydrogen (secondary N) is 1. The van der Waals surface area contributed by atoms with Crippen molar-refractivity contribution in [1.29, 1.82) is 0 Å². The fourth-order valence-electron chi connectivity index (χ4n) is 4.24. The number of hydrogen-bond acceptors (Lipinski definition) is 4. The molecule has 3 heterocycles. The first-order valence-corrected chi connectivity index (χ1v) is 8.67. The number of rotatable bonds is 2. The first-order valence-electron chi connectivity index (χ1n) is 8.67. The van der Waals surface area contributed by atoms with E-state index in [0.717, 1.165) is 24.2 Å². The van der Waals surface area contributed by atoms with Gasteiger partial charge in [-0.05, 0) is 43.5 Å². The molecule has 1 N–H and O–H groups in total. The van der Waals surface area contributed by atoms with Crippen molar-refractivity contribution in [3.05, 3.63) is 48.2 Å². The van der Waals surface area contributed by atoms with E-state index in [2.05, 4.69) is 10.3 Å². The highest BCUT2D eigenvalue weighted by Gasteiger charge is 2.58. The van der Waals surface area contributed by atoms with Crippen LogP contribution >= 0.6 is 0 Å². The number of aromatic nitrogens is 1. The van der Waals surface area contributed by atoms with Crippen molar-refractivity contribution in [1.82, 2.24) is 9.88 Å². The molecule has 1 aliphatic carbocycles. The maximum Gasteiger partial charge on any atom is 0.313 e. The van der Waals surface area contributed by atoms with Crippen molar-refractivity contribution in [2.45, 2.75) is 38.6 Å². The van der Waals surface area contributed by atoms with E-state index in [1.165, 1.54) is 12.8 Å². The summed E-state index contributed by atoms with van der Waals surface area (Å²) < 4.78 is 5.59. The average molecular weight is 339 g/mol. The zero-order valence-corrected chi connectivity index (χ0v) is 14.2. The molecule has 2 aromatic heterocycles. The Hall–Kier alpha value is -2.63. The van der Waals surface area contributed by atoms with Gasteiger partial charge in [-0.15, -0.1) is 0 Å². The Kier molecular flexibility index (Phi) is 3.82. The number of nitrogens with zero attached hydrogens (tertiary/aromatic N) is 2. The van der Waals surface area contributed by atoms with Gasteiger partial charge in [-0.2, -0.15) is 0 Å². The minimum Gasteiger partial charge on any atom is -0.467 e. The van der Waals surface area contributed by atoms with Crippen molar-refractivity contribution in [3.63, 3.8) is 0 Å². The van der Waals surface area contributed by atoms with Crippen LogP contribution in [0.2, 0.25) is 0 Å². The van der Waals surface area contributed by atoms with Crippen LogP contribution in [0.4, 0.5) is 5.69 Å². The third-order valence-corrected chi connectivity index (χ3v) is 5.53. The van der Waals surface area contributed by atoms with Gasteiger partial charge in [0.2, 0.25) is 0 Å². The molecule has 4 rings (SSSR count). The molecule has 1 saturated carbocycles. The number of likely N-dealkylation sites (tertiary alicyclic amines) is 1. The molecule has 0 radical (unpaired) electrons. The highest BCUT2D eigenvalue weighted by molar-refractivity contribution is 6.39. The molecule has 2 fully saturated rings. The van der Waals surface area contributed by atoms with Gasteiger partial charge in [0.15, 0.2) is 0 Å². The lowest BCUT2D eigenvalue weighted by Crippen LogP contribution is -2.61. The number of aryl methyl sites for hydroxylation is 1. The summed E-state index contributed by atoms with van der Waals surface area (Å²) in [4.78, 5) is 30.8. The van der Waals surface area contributed by atoms with Crippen LogP contribution in [-0.4, -0.2) is 28.2 Å². The van der Waals surface area contributed by atoms with Crippen molar-refractivity contribution in [3.8, 4) is 0 Å². The Labute approximate surface area is 146 Å². The first-order chi connectivity index (χ1) is 12.1. The Morgan fingerprint density at radius 2 is 2.12 bits per heavy atom. The number of hydrogen-bond donors (Lipinski definition) is 1. The summed E-state index contributed by atoms with van der Waals surface area (Å²) in [5, 5.41) is 2.68. The molecule has 0 bridgehead atoms. The zero-order chi connectivity index (χ0) is 17.4. The molecule has 0 aromatic carbocycles. The number of carbonyl (C=O) groups excluding carboxylic acids is 2. The topological polar surface area (TPSA) is 75.4 Å². The molecule has 6 nitrogen and oxygen atoms in total. The van der Waals surface area contributed by atoms with Crippen LogP contribution < -0.4 is 5.32 Å². The standard InChI is InChI=1S/C19H21N3O3/c1-13-6-9-20-11-14(13)21-17(23)18(24)22-12-19(7-2-3-8-19)16(22)15-5-4-10-25-15/h4-6,9-11,16H,2-3,7-8,12H2,1H3,(H,21,23). The maximum absolute atomic E-state index is 12.7. The van der Waals surface area contributed by atoms with Crippen molar-refractivity contribution in [2.24, 2.45) is 5.41 Å². The molecule has 2 aromatic rings. The summed E-state index contributed by atoms with van der Waals surface area (Å²) in [6.45, 7) is 2.49. The van der Waals surface area contributed by atoms with E-state index in [1.54, 1.807) is 29.6 Å². The maximum atomic E-state index is 12.7. The molecule has 2 aliphatic rings. The van der Waals surface area contributed by atoms with Crippen molar-refractivity contribution in [2.75, 3.05) is 11.9 Å². The third kappa shape index (κ3) is 2.62. The van der Waals surface area contributed by atoms with Gasteiger partial charge in [-0.25, -0.2) is 0 Å². The lowest BCUT2D eigenvalue weighted by atomic mass is 9.69. The molecule has 1 saturated heterocycles. The SMILES string of the molecule is Cc1ccncc1NC(=O)C(=O)N1CC2(CCCC2)C1c1ccco1. The highest BCUT2D eigenvalue weighted by atomic mass is 16.3. The molecule has 6 heteroatoms. The smallest absolute Gasteiger partial charge is 0.313 e. The van der Waals surface area contributed by atoms with Gasteiger partial charge in [0.05, 0.1) is 24.2 Å². The first kappa shape index (κ1) is 15.9. The number of amides is 2. The van der Waals surface area contributed by atoms with E-state index in [1.807, 2.05) is 19.1 Å². The van der Waals surface area contributed by atoms with E-state index >= 15 is 0 Å². The molecular formula is C19H21N3O3. The molecule has 130 valence electrons. The van der Waals surface area contributed by atoms with Crippen LogP contribution in [0.1, 0.15) is 43.0 Å². The Morgan fingerprint density at radius 1 is 1.32 bits per heavy atom. The fraction of sp³-hybridized carbons (Fsp3) is 0.421. The van der Waals surface area contributed by atoms with Gasteiger partial charge in [-0.1, -0.05) is 12.8 Å². The molecular weight excluding hydrogens is 318 g/mol. The zero-order valence-electron chi connectivity index (χ0n) is 14.2. The second-order valence-electron chi connectivity index (χ2n) is 7.07. The molecule has 1 unspecified atom stereocenters. The average Bonchev–Trinajstić information content (AvgIpc) is 3.27. The summed E-state index contributed by atoms with van der Waals surface area (Å²) in [5.74, 6) is -0.366. The summed E-state index contributed by atoms with van der Waals surface area (Å²) in [5.41, 5.74) is 1.50. The largest absolute Gasteiger partial charge is 0.467 e. The summed E-state index contributed by atoms with van der Waals surface area (Å²) in [7, 11) is 0. The summed E-state index contributed by atoms with van der Waals surface area (Å²) >= 11 is 0. The minimum atomic E-state index is -0.625. The number of pyridine rings is 1. The normalized spacial score (nSPS) is 21.2. The van der Waals surface area contributed by atoms with Crippen LogP contribution in [-0.2, 0) is 9.59 Å². The van der Waals surface area contributed by atoms with Gasteiger partial charge >= 0.3 is 11.8 Å². The van der Waals surface area contributed by atoms with Gasteiger partial charge in [0.1, 0.15) is 5.76 Å². The quantitative estimate of drug-likeness (QED) is 0.853.